The van der Waals surface area contributed by atoms with E-state index >= 15 is 0 Å². The third-order valence-electron chi connectivity index (χ3n) is 2.16. The van der Waals surface area contributed by atoms with Gasteiger partial charge < -0.3 is 15.5 Å². The molecule has 1 amide bonds. The minimum absolute atomic E-state index is 0.0941. The molecule has 3 N–H and O–H groups in total. The molecule has 1 aromatic rings. The minimum Gasteiger partial charge on any atom is -0.481 e. The number of carboxylic acid groups (broad SMARTS) is 2. The molecule has 6 nitrogen and oxygen atoms in total. The first-order valence-electron chi connectivity index (χ1n) is 5.01. The van der Waals surface area contributed by atoms with Gasteiger partial charge in [-0.3, -0.25) is 9.59 Å². The van der Waals surface area contributed by atoms with E-state index in [9.17, 15) is 18.8 Å². The summed E-state index contributed by atoms with van der Waals surface area (Å²) in [7, 11) is 0. The van der Waals surface area contributed by atoms with Gasteiger partial charge in [0.2, 0.25) is 0 Å². The Hall–Kier alpha value is -2.15. The highest BCUT2D eigenvalue weighted by Gasteiger charge is 2.24. The van der Waals surface area contributed by atoms with Crippen LogP contribution in [0.15, 0.2) is 18.2 Å². The standard InChI is InChI=1S/C11H9ClFNO5/c12-5-1-2-7(13)6(3-5)10(17)14-8(11(18)19)4-9(15)16/h1-3,8H,4H2,(H,14,17)(H,15,16)(H,18,19)/t8-/m0/s1. The summed E-state index contributed by atoms with van der Waals surface area (Å²) in [4.78, 5) is 32.8. The first kappa shape index (κ1) is 14.9. The van der Waals surface area contributed by atoms with E-state index in [1.165, 1.54) is 6.07 Å². The van der Waals surface area contributed by atoms with Gasteiger partial charge in [0, 0.05) is 5.02 Å². The van der Waals surface area contributed by atoms with Crippen molar-refractivity contribution >= 4 is 29.4 Å². The molecule has 0 aromatic heterocycles. The number of nitrogens with one attached hydrogen (secondary N) is 1. The normalized spacial score (nSPS) is 11.7. The maximum Gasteiger partial charge on any atom is 0.326 e. The lowest BCUT2D eigenvalue weighted by molar-refractivity contribution is -0.145. The highest BCUT2D eigenvalue weighted by molar-refractivity contribution is 6.31. The molecule has 0 fully saturated rings. The maximum absolute atomic E-state index is 13.4. The molecule has 0 aliphatic carbocycles. The Labute approximate surface area is 111 Å². The zero-order valence-electron chi connectivity index (χ0n) is 9.39. The average molecular weight is 290 g/mol. The van der Waals surface area contributed by atoms with Crippen LogP contribution < -0.4 is 5.32 Å². The van der Waals surface area contributed by atoms with Crippen LogP contribution in [0.25, 0.3) is 0 Å². The number of carbonyl (C=O) groups excluding carboxylic acids is 1. The number of amides is 1. The lowest BCUT2D eigenvalue weighted by Crippen LogP contribution is -2.42. The molecule has 0 saturated carbocycles. The van der Waals surface area contributed by atoms with Gasteiger partial charge in [-0.05, 0) is 18.2 Å². The molecular weight excluding hydrogens is 281 g/mol. The second-order valence-electron chi connectivity index (χ2n) is 3.59. The Bertz CT molecular complexity index is 534. The van der Waals surface area contributed by atoms with Crippen molar-refractivity contribution in [2.45, 2.75) is 12.5 Å². The Morgan fingerprint density at radius 2 is 1.95 bits per heavy atom. The van der Waals surface area contributed by atoms with E-state index in [2.05, 4.69) is 0 Å². The van der Waals surface area contributed by atoms with Crippen LogP contribution in [0.5, 0.6) is 0 Å². The maximum atomic E-state index is 13.4. The second kappa shape index (κ2) is 6.14. The van der Waals surface area contributed by atoms with Crippen LogP contribution >= 0.6 is 11.6 Å². The van der Waals surface area contributed by atoms with E-state index < -0.39 is 41.7 Å². The fraction of sp³-hybridized carbons (Fsp3) is 0.182. The number of aliphatic carboxylic acids is 2. The molecule has 0 heterocycles. The van der Waals surface area contributed by atoms with Gasteiger partial charge in [-0.15, -0.1) is 0 Å². The van der Waals surface area contributed by atoms with Gasteiger partial charge in [0.1, 0.15) is 11.9 Å². The van der Waals surface area contributed by atoms with Crippen LogP contribution in [-0.2, 0) is 9.59 Å². The van der Waals surface area contributed by atoms with Crippen molar-refractivity contribution in [3.8, 4) is 0 Å². The van der Waals surface area contributed by atoms with Crippen LogP contribution in [0.3, 0.4) is 0 Å². The Morgan fingerprint density at radius 3 is 2.47 bits per heavy atom. The first-order valence-corrected chi connectivity index (χ1v) is 5.39. The summed E-state index contributed by atoms with van der Waals surface area (Å²) in [5, 5.41) is 19.3. The molecule has 1 rings (SSSR count). The molecule has 102 valence electrons. The van der Waals surface area contributed by atoms with Crippen LogP contribution in [-0.4, -0.2) is 34.1 Å². The number of hydrogen-bond acceptors (Lipinski definition) is 3. The number of hydrogen-bond donors (Lipinski definition) is 3. The van der Waals surface area contributed by atoms with Crippen molar-refractivity contribution in [1.82, 2.24) is 5.32 Å². The molecular formula is C11H9ClFNO5. The Balaban J connectivity index is 2.90. The van der Waals surface area contributed by atoms with Crippen LogP contribution in [0.2, 0.25) is 5.02 Å². The highest BCUT2D eigenvalue weighted by Crippen LogP contribution is 2.15. The minimum atomic E-state index is -1.65. The van der Waals surface area contributed by atoms with E-state index in [1.807, 2.05) is 5.32 Å². The summed E-state index contributed by atoms with van der Waals surface area (Å²) in [6.07, 6.45) is -0.816. The van der Waals surface area contributed by atoms with Crippen molar-refractivity contribution in [3.63, 3.8) is 0 Å². The van der Waals surface area contributed by atoms with Crippen molar-refractivity contribution < 1.29 is 29.0 Å². The molecule has 8 heteroatoms. The molecule has 19 heavy (non-hydrogen) atoms. The van der Waals surface area contributed by atoms with Gasteiger partial charge in [0.05, 0.1) is 12.0 Å². The predicted octanol–water partition coefficient (Wildman–Crippen LogP) is 1.14. The van der Waals surface area contributed by atoms with Gasteiger partial charge >= 0.3 is 11.9 Å². The number of rotatable bonds is 5. The lowest BCUT2D eigenvalue weighted by Gasteiger charge is -2.12. The van der Waals surface area contributed by atoms with Gasteiger partial charge in [-0.25, -0.2) is 9.18 Å². The Kier molecular flexibility index (Phi) is 4.82. The summed E-state index contributed by atoms with van der Waals surface area (Å²) in [5.41, 5.74) is -0.455. The summed E-state index contributed by atoms with van der Waals surface area (Å²) >= 11 is 5.59. The van der Waals surface area contributed by atoms with Crippen molar-refractivity contribution in [2.24, 2.45) is 0 Å². The quantitative estimate of drug-likeness (QED) is 0.754. The van der Waals surface area contributed by atoms with E-state index in [-0.39, 0.29) is 5.02 Å². The lowest BCUT2D eigenvalue weighted by atomic mass is 10.1. The van der Waals surface area contributed by atoms with Gasteiger partial charge in [-0.1, -0.05) is 11.6 Å². The molecule has 0 unspecified atom stereocenters. The van der Waals surface area contributed by atoms with E-state index in [4.69, 9.17) is 21.8 Å². The zero-order valence-corrected chi connectivity index (χ0v) is 10.1. The molecule has 0 spiro atoms. The summed E-state index contributed by atoms with van der Waals surface area (Å²) in [6.45, 7) is 0. The molecule has 0 aliphatic heterocycles. The predicted molar refractivity (Wildman–Crippen MR) is 62.6 cm³/mol. The van der Waals surface area contributed by atoms with E-state index in [0.29, 0.717) is 0 Å². The molecule has 1 atom stereocenters. The first-order chi connectivity index (χ1) is 8.81. The largest absolute Gasteiger partial charge is 0.481 e. The number of carbonyl (C=O) groups is 3. The fourth-order valence-corrected chi connectivity index (χ4v) is 1.45. The van der Waals surface area contributed by atoms with Crippen LogP contribution in [0, 0.1) is 5.82 Å². The van der Waals surface area contributed by atoms with Gasteiger partial charge in [-0.2, -0.15) is 0 Å². The number of halogens is 2. The number of carboxylic acids is 2. The Morgan fingerprint density at radius 1 is 1.32 bits per heavy atom. The van der Waals surface area contributed by atoms with Crippen molar-refractivity contribution in [3.05, 3.63) is 34.6 Å². The molecule has 0 saturated heterocycles. The fourth-order valence-electron chi connectivity index (χ4n) is 1.28. The average Bonchev–Trinajstić information content (AvgIpc) is 2.30. The molecule has 0 aliphatic rings. The second-order valence-corrected chi connectivity index (χ2v) is 4.02. The molecule has 0 radical (unpaired) electrons. The summed E-state index contributed by atoms with van der Waals surface area (Å²) in [5.74, 6) is -4.87. The summed E-state index contributed by atoms with van der Waals surface area (Å²) < 4.78 is 13.4. The van der Waals surface area contributed by atoms with Gasteiger partial charge in [0.15, 0.2) is 0 Å². The van der Waals surface area contributed by atoms with Crippen molar-refractivity contribution in [2.75, 3.05) is 0 Å². The SMILES string of the molecule is O=C(O)C[C@H](NC(=O)c1cc(Cl)ccc1F)C(=O)O. The van der Waals surface area contributed by atoms with E-state index in [0.717, 1.165) is 12.1 Å². The summed E-state index contributed by atoms with van der Waals surface area (Å²) in [6, 6.07) is 1.54. The van der Waals surface area contributed by atoms with Crippen molar-refractivity contribution in [1.29, 1.82) is 0 Å². The number of benzene rings is 1. The topological polar surface area (TPSA) is 104 Å². The highest BCUT2D eigenvalue weighted by atomic mass is 35.5. The van der Waals surface area contributed by atoms with Gasteiger partial charge in [0.25, 0.3) is 5.91 Å². The third-order valence-corrected chi connectivity index (χ3v) is 2.39. The molecule has 0 bridgehead atoms. The third kappa shape index (κ3) is 4.22. The monoisotopic (exact) mass is 289 g/mol. The van der Waals surface area contributed by atoms with Crippen LogP contribution in [0.1, 0.15) is 16.8 Å². The molecule has 1 aromatic carbocycles. The smallest absolute Gasteiger partial charge is 0.326 e. The van der Waals surface area contributed by atoms with Crippen LogP contribution in [0.4, 0.5) is 4.39 Å². The zero-order chi connectivity index (χ0) is 14.6. The van der Waals surface area contributed by atoms with E-state index in [1.54, 1.807) is 0 Å².